The zero-order valence-corrected chi connectivity index (χ0v) is 35.8. The summed E-state index contributed by atoms with van der Waals surface area (Å²) in [5.74, 6) is 1.75. The Kier molecular flexibility index (Phi) is 8.78. The van der Waals surface area contributed by atoms with Crippen LogP contribution in [0.5, 0.6) is 0 Å². The first-order valence-electron chi connectivity index (χ1n) is 22.4. The van der Waals surface area contributed by atoms with Gasteiger partial charge in [-0.05, 0) is 62.9 Å². The van der Waals surface area contributed by atoms with Crippen molar-refractivity contribution in [3.05, 3.63) is 237 Å². The number of aromatic nitrogens is 5. The Morgan fingerprint density at radius 1 is 0.273 bits per heavy atom. The van der Waals surface area contributed by atoms with E-state index in [1.165, 1.54) is 5.39 Å². The van der Waals surface area contributed by atoms with E-state index >= 15 is 0 Å². The summed E-state index contributed by atoms with van der Waals surface area (Å²) in [4.78, 5) is 16.2. The van der Waals surface area contributed by atoms with Gasteiger partial charge in [0.05, 0.1) is 27.8 Å². The van der Waals surface area contributed by atoms with Crippen molar-refractivity contribution < 1.29 is 0 Å². The van der Waals surface area contributed by atoms with E-state index in [-0.39, 0.29) is 0 Å². The van der Waals surface area contributed by atoms with Crippen LogP contribution < -0.4 is 0 Å². The lowest BCUT2D eigenvalue weighted by atomic mass is 9.98. The first-order valence-corrected chi connectivity index (χ1v) is 22.4. The summed E-state index contributed by atoms with van der Waals surface area (Å²) in [6.45, 7) is 0. The number of hydrogen-bond donors (Lipinski definition) is 0. The molecule has 308 valence electrons. The molecular formula is C61H39N5. The number of nitrogens with zero attached hydrogens (tertiary/aromatic N) is 5. The lowest BCUT2D eigenvalue weighted by Gasteiger charge is -2.17. The van der Waals surface area contributed by atoms with Crippen molar-refractivity contribution in [2.45, 2.75) is 0 Å². The lowest BCUT2D eigenvalue weighted by molar-refractivity contribution is 0.953. The highest BCUT2D eigenvalue weighted by atomic mass is 15.2. The van der Waals surface area contributed by atoms with E-state index in [1.54, 1.807) is 0 Å². The molecule has 0 unspecified atom stereocenters. The van der Waals surface area contributed by atoms with E-state index in [9.17, 15) is 0 Å². The first kappa shape index (κ1) is 37.6. The van der Waals surface area contributed by atoms with E-state index in [1.807, 2.05) is 6.07 Å². The minimum Gasteiger partial charge on any atom is -0.307 e. The number of para-hydroxylation sites is 2. The summed E-state index contributed by atoms with van der Waals surface area (Å²) in [6, 6.07) is 84.1. The van der Waals surface area contributed by atoms with Crippen molar-refractivity contribution in [2.75, 3.05) is 0 Å². The van der Waals surface area contributed by atoms with Crippen LogP contribution in [-0.4, -0.2) is 24.1 Å². The van der Waals surface area contributed by atoms with E-state index in [2.05, 4.69) is 240 Å². The van der Waals surface area contributed by atoms with E-state index < -0.39 is 0 Å². The summed E-state index contributed by atoms with van der Waals surface area (Å²) in [5.41, 5.74) is 14.0. The van der Waals surface area contributed by atoms with E-state index in [0.29, 0.717) is 17.6 Å². The Morgan fingerprint density at radius 2 is 0.742 bits per heavy atom. The van der Waals surface area contributed by atoms with Gasteiger partial charge in [-0.1, -0.05) is 212 Å². The van der Waals surface area contributed by atoms with Gasteiger partial charge in [0.2, 0.25) is 5.95 Å². The Hall–Kier alpha value is -8.93. The van der Waals surface area contributed by atoms with Crippen LogP contribution in [0, 0.1) is 0 Å². The molecule has 0 aliphatic carbocycles. The van der Waals surface area contributed by atoms with Crippen LogP contribution in [0.15, 0.2) is 237 Å². The molecule has 0 spiro atoms. The topological polar surface area (TPSA) is 48.5 Å². The minimum atomic E-state index is 0.548. The second kappa shape index (κ2) is 15.4. The highest BCUT2D eigenvalue weighted by molar-refractivity contribution is 6.24. The zero-order chi connectivity index (χ0) is 43.6. The predicted octanol–water partition coefficient (Wildman–Crippen LogP) is 15.6. The van der Waals surface area contributed by atoms with Crippen LogP contribution in [0.4, 0.5) is 0 Å². The Bertz CT molecular complexity index is 3960. The van der Waals surface area contributed by atoms with Crippen molar-refractivity contribution in [1.82, 2.24) is 24.1 Å². The molecule has 0 radical (unpaired) electrons. The van der Waals surface area contributed by atoms with Gasteiger partial charge in [0.1, 0.15) is 0 Å². The van der Waals surface area contributed by atoms with Crippen molar-refractivity contribution in [3.63, 3.8) is 0 Å². The van der Waals surface area contributed by atoms with Gasteiger partial charge >= 0.3 is 0 Å². The van der Waals surface area contributed by atoms with Crippen molar-refractivity contribution in [1.29, 1.82) is 0 Å². The van der Waals surface area contributed by atoms with Gasteiger partial charge in [-0.25, -0.2) is 4.98 Å². The third-order valence-corrected chi connectivity index (χ3v) is 13.0. The summed E-state index contributed by atoms with van der Waals surface area (Å²) < 4.78 is 4.76. The van der Waals surface area contributed by atoms with Gasteiger partial charge in [0.15, 0.2) is 11.6 Å². The lowest BCUT2D eigenvalue weighted by Crippen LogP contribution is -2.07. The van der Waals surface area contributed by atoms with Crippen molar-refractivity contribution in [2.24, 2.45) is 0 Å². The van der Waals surface area contributed by atoms with E-state index in [0.717, 1.165) is 99.2 Å². The molecule has 0 bridgehead atoms. The van der Waals surface area contributed by atoms with Gasteiger partial charge in [-0.3, -0.25) is 4.57 Å². The van der Waals surface area contributed by atoms with Crippen molar-refractivity contribution >= 4 is 54.4 Å². The molecule has 66 heavy (non-hydrogen) atoms. The van der Waals surface area contributed by atoms with Crippen LogP contribution in [-0.2, 0) is 0 Å². The monoisotopic (exact) mass is 841 g/mol. The molecule has 13 rings (SSSR count). The predicted molar refractivity (Wildman–Crippen MR) is 273 cm³/mol. The molecule has 5 heteroatoms. The Labute approximate surface area is 381 Å². The SMILES string of the molecule is c1ccc(-c2ccc(-c3nc(-c4ccc5ccccc5c4)nc(-n4c5ccccc5c5ccc6c7ccccc7n(-c7cc(-c8ccccc8)ccc7-c7ccccc7)c6c54)n3)cc2)cc1. The fourth-order valence-corrected chi connectivity index (χ4v) is 9.84. The van der Waals surface area contributed by atoms with Crippen LogP contribution in [0.1, 0.15) is 0 Å². The maximum atomic E-state index is 5.46. The second-order valence-corrected chi connectivity index (χ2v) is 16.8. The Balaban J connectivity index is 1.14. The smallest absolute Gasteiger partial charge is 0.238 e. The first-order chi connectivity index (χ1) is 32.7. The maximum absolute atomic E-state index is 5.46. The molecule has 10 aromatic carbocycles. The molecule has 0 aliphatic rings. The molecule has 13 aromatic rings. The Morgan fingerprint density at radius 3 is 1.41 bits per heavy atom. The molecule has 0 saturated carbocycles. The molecule has 0 saturated heterocycles. The number of fused-ring (bicyclic) bond motifs is 8. The fraction of sp³-hybridized carbons (Fsp3) is 0. The molecule has 3 heterocycles. The van der Waals surface area contributed by atoms with Gasteiger partial charge in [-0.15, -0.1) is 0 Å². The highest BCUT2D eigenvalue weighted by Crippen LogP contribution is 2.44. The number of benzene rings is 10. The standard InChI is InChI=1S/C61H39N5/c1-4-16-40(17-5-1)43-28-31-45(32-29-43)59-62-60(48-33-30-42-20-10-11-23-46(42)38-48)64-61(63-59)66-55-27-15-13-25-51(55)53-37-36-52-50-24-12-14-26-54(50)65(57(52)58(53)66)56-39-47(41-18-6-2-7-19-41)34-35-49(56)44-21-8-3-9-22-44/h1-39H. The van der Waals surface area contributed by atoms with Gasteiger partial charge < -0.3 is 4.57 Å². The second-order valence-electron chi connectivity index (χ2n) is 16.8. The summed E-state index contributed by atoms with van der Waals surface area (Å²) in [5, 5.41) is 6.84. The molecule has 0 atom stereocenters. The minimum absolute atomic E-state index is 0.548. The molecule has 0 N–H and O–H groups in total. The molecule has 0 aliphatic heterocycles. The average molecular weight is 842 g/mol. The molecule has 3 aromatic heterocycles. The largest absolute Gasteiger partial charge is 0.307 e. The average Bonchev–Trinajstić information content (AvgIpc) is 3.92. The summed E-state index contributed by atoms with van der Waals surface area (Å²) >= 11 is 0. The van der Waals surface area contributed by atoms with Crippen molar-refractivity contribution in [3.8, 4) is 67.8 Å². The summed E-state index contributed by atoms with van der Waals surface area (Å²) in [6.07, 6.45) is 0. The van der Waals surface area contributed by atoms with Crippen LogP contribution in [0.25, 0.3) is 122 Å². The van der Waals surface area contributed by atoms with E-state index in [4.69, 9.17) is 15.0 Å². The molecule has 5 nitrogen and oxygen atoms in total. The highest BCUT2D eigenvalue weighted by Gasteiger charge is 2.25. The fourth-order valence-electron chi connectivity index (χ4n) is 9.84. The normalized spacial score (nSPS) is 11.6. The maximum Gasteiger partial charge on any atom is 0.238 e. The molecule has 0 fully saturated rings. The number of hydrogen-bond acceptors (Lipinski definition) is 3. The third kappa shape index (κ3) is 6.21. The van der Waals surface area contributed by atoms with Gasteiger partial charge in [0, 0.05) is 38.2 Å². The number of rotatable bonds is 7. The third-order valence-electron chi connectivity index (χ3n) is 13.0. The van der Waals surface area contributed by atoms with Gasteiger partial charge in [-0.2, -0.15) is 9.97 Å². The van der Waals surface area contributed by atoms with Crippen LogP contribution in [0.3, 0.4) is 0 Å². The van der Waals surface area contributed by atoms with Crippen LogP contribution >= 0.6 is 0 Å². The quantitative estimate of drug-likeness (QED) is 0.161. The molecule has 0 amide bonds. The van der Waals surface area contributed by atoms with Crippen LogP contribution in [0.2, 0.25) is 0 Å². The van der Waals surface area contributed by atoms with Gasteiger partial charge in [0.25, 0.3) is 0 Å². The summed E-state index contributed by atoms with van der Waals surface area (Å²) in [7, 11) is 0. The zero-order valence-electron chi connectivity index (χ0n) is 35.8. The molecular weight excluding hydrogens is 803 g/mol.